The number of aromatic nitrogens is 6. The molecular weight excluding hydrogens is 497 g/mol. The summed E-state index contributed by atoms with van der Waals surface area (Å²) >= 11 is 0. The van der Waals surface area contributed by atoms with Crippen LogP contribution in [0.25, 0.3) is 17.1 Å². The second-order valence-electron chi connectivity index (χ2n) is 9.45. The zero-order valence-electron chi connectivity index (χ0n) is 21.1. The van der Waals surface area contributed by atoms with Crippen LogP contribution in [-0.2, 0) is 12.7 Å². The first-order chi connectivity index (χ1) is 18.2. The smallest absolute Gasteiger partial charge is 0.435 e. The number of nitrogens with zero attached hydrogens (tertiary/aromatic N) is 6. The lowest BCUT2D eigenvalue weighted by Crippen LogP contribution is -2.09. The molecule has 0 aliphatic heterocycles. The fourth-order valence-corrected chi connectivity index (χ4v) is 4.16. The second-order valence-corrected chi connectivity index (χ2v) is 9.45. The predicted molar refractivity (Wildman–Crippen MR) is 136 cm³/mol. The summed E-state index contributed by atoms with van der Waals surface area (Å²) in [4.78, 5) is 17.7. The Hall–Kier alpha value is -4.22. The van der Waals surface area contributed by atoms with Crippen LogP contribution >= 0.6 is 0 Å². The number of halogens is 3. The molecule has 5 rings (SSSR count). The van der Waals surface area contributed by atoms with E-state index in [9.17, 15) is 13.2 Å². The lowest BCUT2D eigenvalue weighted by Gasteiger charge is -2.14. The molecule has 0 radical (unpaired) electrons. The number of ether oxygens (including phenoxy) is 1. The van der Waals surface area contributed by atoms with Crippen LogP contribution in [0.15, 0.2) is 42.9 Å². The summed E-state index contributed by atoms with van der Waals surface area (Å²) in [5.74, 6) is 1.45. The largest absolute Gasteiger partial charge is 0.480 e. The Morgan fingerprint density at radius 3 is 2.50 bits per heavy atom. The van der Waals surface area contributed by atoms with Gasteiger partial charge in [0.05, 0.1) is 30.4 Å². The average molecular weight is 525 g/mol. The van der Waals surface area contributed by atoms with Crippen molar-refractivity contribution in [3.8, 4) is 23.0 Å². The third-order valence-corrected chi connectivity index (χ3v) is 6.30. The third kappa shape index (κ3) is 5.11. The van der Waals surface area contributed by atoms with Gasteiger partial charge in [-0.3, -0.25) is 0 Å². The highest BCUT2D eigenvalue weighted by Gasteiger charge is 2.35. The molecule has 1 saturated carbocycles. The molecule has 0 atom stereocenters. The molecule has 1 aromatic carbocycles. The van der Waals surface area contributed by atoms with Crippen molar-refractivity contribution in [2.45, 2.75) is 51.2 Å². The quantitative estimate of drug-likeness (QED) is 0.317. The van der Waals surface area contributed by atoms with E-state index < -0.39 is 11.9 Å². The Bertz CT molecular complexity index is 1450. The molecule has 3 heterocycles. The molecular formula is C26H27F3N8O. The van der Waals surface area contributed by atoms with Crippen molar-refractivity contribution in [2.75, 3.05) is 18.2 Å². The monoisotopic (exact) mass is 524 g/mol. The Morgan fingerprint density at radius 1 is 1.13 bits per heavy atom. The number of benzene rings is 1. The average Bonchev–Trinajstić information content (AvgIpc) is 3.64. The number of nitrogen functional groups attached to an aromatic ring is 1. The first-order valence-electron chi connectivity index (χ1n) is 12.2. The van der Waals surface area contributed by atoms with E-state index in [1.54, 1.807) is 19.2 Å². The van der Waals surface area contributed by atoms with Gasteiger partial charge in [-0.15, -0.1) is 0 Å². The Balaban J connectivity index is 1.37. The Morgan fingerprint density at radius 2 is 1.87 bits per heavy atom. The molecule has 1 aliphatic rings. The highest BCUT2D eigenvalue weighted by atomic mass is 19.4. The molecule has 38 heavy (non-hydrogen) atoms. The van der Waals surface area contributed by atoms with Crippen LogP contribution in [-0.4, -0.2) is 36.8 Å². The van der Waals surface area contributed by atoms with Crippen LogP contribution in [0.1, 0.15) is 61.2 Å². The fraction of sp³-hybridized carbons (Fsp3) is 0.346. The summed E-state index contributed by atoms with van der Waals surface area (Å²) in [6.45, 7) is 4.04. The van der Waals surface area contributed by atoms with Crippen LogP contribution in [0, 0.1) is 0 Å². The van der Waals surface area contributed by atoms with Gasteiger partial charge in [0.2, 0.25) is 5.88 Å². The molecule has 0 amide bonds. The van der Waals surface area contributed by atoms with Gasteiger partial charge in [-0.05, 0) is 42.5 Å². The summed E-state index contributed by atoms with van der Waals surface area (Å²) in [7, 11) is 1.54. The summed E-state index contributed by atoms with van der Waals surface area (Å²) in [6.07, 6.45) is 0.577. The summed E-state index contributed by atoms with van der Waals surface area (Å²) in [5.41, 5.74) is 9.01. The number of nitrogens with one attached hydrogen (secondary N) is 1. The summed E-state index contributed by atoms with van der Waals surface area (Å²) < 4.78 is 46.5. The maximum absolute atomic E-state index is 13.2. The minimum Gasteiger partial charge on any atom is -0.480 e. The van der Waals surface area contributed by atoms with Crippen molar-refractivity contribution in [3.63, 3.8) is 0 Å². The van der Waals surface area contributed by atoms with E-state index in [1.165, 1.54) is 17.2 Å². The van der Waals surface area contributed by atoms with Crippen molar-refractivity contribution in [1.82, 2.24) is 29.7 Å². The molecule has 198 valence electrons. The lowest BCUT2D eigenvalue weighted by atomic mass is 10.1. The molecule has 0 unspecified atom stereocenters. The molecule has 9 nitrogen and oxygen atoms in total. The third-order valence-electron chi connectivity index (χ3n) is 6.30. The van der Waals surface area contributed by atoms with E-state index in [0.29, 0.717) is 52.6 Å². The van der Waals surface area contributed by atoms with Crippen LogP contribution in [0.5, 0.6) is 5.88 Å². The normalized spacial score (nSPS) is 13.7. The number of alkyl halides is 3. The first-order valence-corrected chi connectivity index (χ1v) is 12.2. The van der Waals surface area contributed by atoms with Crippen molar-refractivity contribution >= 4 is 11.5 Å². The van der Waals surface area contributed by atoms with E-state index in [-0.39, 0.29) is 5.92 Å². The van der Waals surface area contributed by atoms with Gasteiger partial charge in [-0.2, -0.15) is 18.3 Å². The van der Waals surface area contributed by atoms with E-state index in [2.05, 4.69) is 30.4 Å². The highest BCUT2D eigenvalue weighted by Crippen LogP contribution is 2.45. The molecule has 1 aliphatic carbocycles. The van der Waals surface area contributed by atoms with Crippen molar-refractivity contribution in [3.05, 3.63) is 65.5 Å². The topological polar surface area (TPSA) is 117 Å². The number of hydrogen-bond acceptors (Lipinski definition) is 8. The van der Waals surface area contributed by atoms with Gasteiger partial charge in [0.25, 0.3) is 0 Å². The summed E-state index contributed by atoms with van der Waals surface area (Å²) in [5, 5.41) is 7.03. The predicted octanol–water partition coefficient (Wildman–Crippen LogP) is 5.34. The fourth-order valence-electron chi connectivity index (χ4n) is 4.16. The van der Waals surface area contributed by atoms with Gasteiger partial charge < -0.3 is 15.8 Å². The van der Waals surface area contributed by atoms with E-state index in [4.69, 9.17) is 10.5 Å². The second kappa shape index (κ2) is 9.92. The minimum absolute atomic E-state index is 0.135. The zero-order chi connectivity index (χ0) is 27.0. The van der Waals surface area contributed by atoms with Crippen molar-refractivity contribution < 1.29 is 17.9 Å². The SMILES string of the molecule is COc1ncnc(C2CC2)c1-c1ncc(N)c(NCc2ccc(-n3nc(C(F)(F)F)cc3C(C)C)cc2)n1. The summed E-state index contributed by atoms with van der Waals surface area (Å²) in [6, 6.07) is 8.20. The van der Waals surface area contributed by atoms with Gasteiger partial charge in [-0.25, -0.2) is 24.6 Å². The Labute approximate surface area is 217 Å². The maximum Gasteiger partial charge on any atom is 0.435 e. The van der Waals surface area contributed by atoms with Gasteiger partial charge in [0.15, 0.2) is 17.3 Å². The molecule has 4 aromatic rings. The number of nitrogens with two attached hydrogens (primary N) is 1. The molecule has 1 fully saturated rings. The highest BCUT2D eigenvalue weighted by molar-refractivity contribution is 5.70. The lowest BCUT2D eigenvalue weighted by molar-refractivity contribution is -0.141. The van der Waals surface area contributed by atoms with Crippen LogP contribution < -0.4 is 15.8 Å². The molecule has 3 N–H and O–H groups in total. The standard InChI is InChI=1S/C26H27F3N8O/c1-14(2)19-10-20(26(27,28)29)36-37(19)17-8-4-15(5-9-17)11-31-23-18(30)12-32-24(35-23)21-22(16-6-7-16)33-13-34-25(21)38-3/h4-5,8-10,12-14,16H,6-7,11,30H2,1-3H3,(H,31,32,35). The van der Waals surface area contributed by atoms with Gasteiger partial charge in [-0.1, -0.05) is 26.0 Å². The molecule has 12 heteroatoms. The van der Waals surface area contributed by atoms with Gasteiger partial charge in [0.1, 0.15) is 11.9 Å². The minimum atomic E-state index is -4.51. The van der Waals surface area contributed by atoms with E-state index in [0.717, 1.165) is 30.2 Å². The van der Waals surface area contributed by atoms with Gasteiger partial charge >= 0.3 is 6.18 Å². The number of methoxy groups -OCH3 is 1. The molecule has 0 saturated heterocycles. The number of hydrogen-bond donors (Lipinski definition) is 2. The van der Waals surface area contributed by atoms with Crippen molar-refractivity contribution in [2.24, 2.45) is 0 Å². The zero-order valence-corrected chi connectivity index (χ0v) is 21.1. The van der Waals surface area contributed by atoms with Crippen molar-refractivity contribution in [1.29, 1.82) is 0 Å². The van der Waals surface area contributed by atoms with Crippen LogP contribution in [0.2, 0.25) is 0 Å². The number of anilines is 2. The van der Waals surface area contributed by atoms with Crippen LogP contribution in [0.3, 0.4) is 0 Å². The van der Waals surface area contributed by atoms with E-state index in [1.807, 2.05) is 26.0 Å². The Kier molecular flexibility index (Phi) is 6.64. The molecule has 3 aromatic heterocycles. The first kappa shape index (κ1) is 25.4. The van der Waals surface area contributed by atoms with Crippen LogP contribution in [0.4, 0.5) is 24.7 Å². The molecule has 0 spiro atoms. The van der Waals surface area contributed by atoms with E-state index >= 15 is 0 Å². The molecule has 0 bridgehead atoms. The van der Waals surface area contributed by atoms with Gasteiger partial charge in [0, 0.05) is 18.2 Å². The maximum atomic E-state index is 13.2. The number of rotatable bonds is 8.